The predicted molar refractivity (Wildman–Crippen MR) is 129 cm³/mol. The molecule has 0 unspecified atom stereocenters. The van der Waals surface area contributed by atoms with Crippen LogP contribution in [0.5, 0.6) is 0 Å². The molecule has 3 aromatic rings. The van der Waals surface area contributed by atoms with Crippen LogP contribution in [0.4, 0.5) is 0 Å². The molecular formula is C28H32N2O2. The number of carbonyl (C=O) groups excluding carboxylic acids is 2. The molecule has 0 aromatic heterocycles. The maximum Gasteiger partial charge on any atom is 0.243 e. The average molecular weight is 429 g/mol. The summed E-state index contributed by atoms with van der Waals surface area (Å²) in [6.45, 7) is 6.87. The van der Waals surface area contributed by atoms with Gasteiger partial charge in [0.05, 0.1) is 6.42 Å². The molecule has 0 fully saturated rings. The summed E-state index contributed by atoms with van der Waals surface area (Å²) < 4.78 is 0. The summed E-state index contributed by atoms with van der Waals surface area (Å²) in [7, 11) is 0. The standard InChI is InChI=1S/C28H32N2O2/c1-4-29-28(32)26(18-23-10-6-5-7-11-23)30(20-24-15-13-21(2)14-16-24)27(31)19-25-12-8-9-22(3)17-25/h5-17,26H,4,18-20H2,1-3H3,(H,29,32)/t26-/m1/s1. The minimum absolute atomic E-state index is 0.0524. The zero-order valence-corrected chi connectivity index (χ0v) is 19.2. The Morgan fingerprint density at radius 3 is 2.16 bits per heavy atom. The van der Waals surface area contributed by atoms with Crippen LogP contribution in [0.25, 0.3) is 0 Å². The van der Waals surface area contributed by atoms with E-state index >= 15 is 0 Å². The number of hydrogen-bond acceptors (Lipinski definition) is 2. The summed E-state index contributed by atoms with van der Waals surface area (Å²) in [4.78, 5) is 28.5. The Morgan fingerprint density at radius 2 is 1.50 bits per heavy atom. The third-order valence-corrected chi connectivity index (χ3v) is 5.53. The van der Waals surface area contributed by atoms with Gasteiger partial charge in [-0.2, -0.15) is 0 Å². The van der Waals surface area contributed by atoms with Crippen molar-refractivity contribution in [3.63, 3.8) is 0 Å². The van der Waals surface area contributed by atoms with Crippen LogP contribution in [-0.4, -0.2) is 29.3 Å². The molecule has 2 amide bonds. The van der Waals surface area contributed by atoms with Crippen LogP contribution in [0.1, 0.15) is 34.7 Å². The molecule has 32 heavy (non-hydrogen) atoms. The van der Waals surface area contributed by atoms with E-state index in [1.54, 1.807) is 4.90 Å². The summed E-state index contributed by atoms with van der Waals surface area (Å²) in [5.74, 6) is -0.176. The van der Waals surface area contributed by atoms with Crippen molar-refractivity contribution >= 4 is 11.8 Å². The van der Waals surface area contributed by atoms with Gasteiger partial charge in [0.1, 0.15) is 6.04 Å². The van der Waals surface area contributed by atoms with Gasteiger partial charge in [-0.3, -0.25) is 9.59 Å². The fraction of sp³-hybridized carbons (Fsp3) is 0.286. The molecule has 166 valence electrons. The van der Waals surface area contributed by atoms with E-state index in [2.05, 4.69) is 5.32 Å². The minimum atomic E-state index is -0.587. The third-order valence-electron chi connectivity index (χ3n) is 5.53. The second-order valence-corrected chi connectivity index (χ2v) is 8.27. The largest absolute Gasteiger partial charge is 0.355 e. The van der Waals surface area contributed by atoms with Crippen molar-refractivity contribution in [1.82, 2.24) is 10.2 Å². The van der Waals surface area contributed by atoms with Crippen molar-refractivity contribution in [3.05, 3.63) is 107 Å². The van der Waals surface area contributed by atoms with Gasteiger partial charge in [-0.15, -0.1) is 0 Å². The van der Waals surface area contributed by atoms with Gasteiger partial charge in [0, 0.05) is 19.5 Å². The van der Waals surface area contributed by atoms with Gasteiger partial charge >= 0.3 is 0 Å². The maximum atomic E-state index is 13.6. The molecule has 0 spiro atoms. The molecule has 0 aliphatic rings. The fourth-order valence-electron chi connectivity index (χ4n) is 3.83. The monoisotopic (exact) mass is 428 g/mol. The second kappa shape index (κ2) is 11.3. The molecule has 4 nitrogen and oxygen atoms in total. The summed E-state index contributed by atoms with van der Waals surface area (Å²) in [5, 5.41) is 2.94. The molecule has 0 heterocycles. The number of carbonyl (C=O) groups is 2. The molecule has 0 bridgehead atoms. The SMILES string of the molecule is CCNC(=O)[C@@H](Cc1ccccc1)N(Cc1ccc(C)cc1)C(=O)Cc1cccc(C)c1. The summed E-state index contributed by atoms with van der Waals surface area (Å²) in [6, 6.07) is 25.4. The van der Waals surface area contributed by atoms with E-state index in [-0.39, 0.29) is 18.2 Å². The predicted octanol–water partition coefficient (Wildman–Crippen LogP) is 4.62. The van der Waals surface area contributed by atoms with Crippen LogP contribution < -0.4 is 5.32 Å². The number of aryl methyl sites for hydroxylation is 2. The van der Waals surface area contributed by atoms with Crippen LogP contribution in [0.2, 0.25) is 0 Å². The Balaban J connectivity index is 1.94. The van der Waals surface area contributed by atoms with Gasteiger partial charge in [0.25, 0.3) is 0 Å². The van der Waals surface area contributed by atoms with Crippen molar-refractivity contribution in [2.75, 3.05) is 6.54 Å². The number of nitrogens with zero attached hydrogens (tertiary/aromatic N) is 1. The highest BCUT2D eigenvalue weighted by Crippen LogP contribution is 2.17. The summed E-state index contributed by atoms with van der Waals surface area (Å²) >= 11 is 0. The molecule has 3 rings (SSSR count). The van der Waals surface area contributed by atoms with E-state index in [0.717, 1.165) is 27.8 Å². The van der Waals surface area contributed by atoms with E-state index in [1.165, 1.54) is 0 Å². The van der Waals surface area contributed by atoms with Crippen molar-refractivity contribution in [2.24, 2.45) is 0 Å². The fourth-order valence-corrected chi connectivity index (χ4v) is 3.83. The first-order chi connectivity index (χ1) is 15.5. The Hall–Kier alpha value is -3.40. The highest BCUT2D eigenvalue weighted by Gasteiger charge is 2.30. The van der Waals surface area contributed by atoms with Crippen molar-refractivity contribution < 1.29 is 9.59 Å². The number of benzene rings is 3. The number of amides is 2. The molecule has 0 aliphatic heterocycles. The second-order valence-electron chi connectivity index (χ2n) is 8.27. The molecule has 1 N–H and O–H groups in total. The molecule has 0 saturated carbocycles. The normalized spacial score (nSPS) is 11.6. The van der Waals surface area contributed by atoms with Gasteiger partial charge in [-0.1, -0.05) is 90.0 Å². The Bertz CT molecular complexity index is 1030. The molecule has 0 radical (unpaired) electrons. The van der Waals surface area contributed by atoms with E-state index in [4.69, 9.17) is 0 Å². The molecule has 3 aromatic carbocycles. The molecule has 4 heteroatoms. The van der Waals surface area contributed by atoms with Gasteiger partial charge in [0.15, 0.2) is 0 Å². The topological polar surface area (TPSA) is 49.4 Å². The van der Waals surface area contributed by atoms with E-state index in [0.29, 0.717) is 19.5 Å². The quantitative estimate of drug-likeness (QED) is 0.541. The Kier molecular flexibility index (Phi) is 8.20. The summed E-state index contributed by atoms with van der Waals surface area (Å²) in [6.07, 6.45) is 0.732. The first kappa shape index (κ1) is 23.3. The molecule has 1 atom stereocenters. The lowest BCUT2D eigenvalue weighted by molar-refractivity contribution is -0.140. The van der Waals surface area contributed by atoms with Crippen molar-refractivity contribution in [3.8, 4) is 0 Å². The van der Waals surface area contributed by atoms with Gasteiger partial charge in [0.2, 0.25) is 11.8 Å². The molecular weight excluding hydrogens is 396 g/mol. The number of likely N-dealkylation sites (N-methyl/N-ethyl adjacent to an activating group) is 1. The number of rotatable bonds is 9. The summed E-state index contributed by atoms with van der Waals surface area (Å²) in [5.41, 5.74) is 5.27. The zero-order chi connectivity index (χ0) is 22.9. The van der Waals surface area contributed by atoms with Crippen LogP contribution in [0.3, 0.4) is 0 Å². The Morgan fingerprint density at radius 1 is 0.812 bits per heavy atom. The van der Waals surface area contributed by atoms with Gasteiger partial charge < -0.3 is 10.2 Å². The highest BCUT2D eigenvalue weighted by molar-refractivity contribution is 5.88. The number of hydrogen-bond donors (Lipinski definition) is 1. The van der Waals surface area contributed by atoms with Crippen molar-refractivity contribution in [2.45, 2.75) is 46.2 Å². The van der Waals surface area contributed by atoms with E-state index in [1.807, 2.05) is 99.6 Å². The minimum Gasteiger partial charge on any atom is -0.355 e. The molecule has 0 aliphatic carbocycles. The molecule has 0 saturated heterocycles. The Labute approximate surface area is 191 Å². The third kappa shape index (κ3) is 6.55. The van der Waals surface area contributed by atoms with Gasteiger partial charge in [-0.25, -0.2) is 0 Å². The lowest BCUT2D eigenvalue weighted by Gasteiger charge is -2.31. The zero-order valence-electron chi connectivity index (χ0n) is 19.2. The number of nitrogens with one attached hydrogen (secondary N) is 1. The van der Waals surface area contributed by atoms with Crippen LogP contribution in [-0.2, 0) is 29.0 Å². The van der Waals surface area contributed by atoms with Crippen LogP contribution in [0.15, 0.2) is 78.9 Å². The smallest absolute Gasteiger partial charge is 0.243 e. The average Bonchev–Trinajstić information content (AvgIpc) is 2.78. The lowest BCUT2D eigenvalue weighted by Crippen LogP contribution is -2.50. The van der Waals surface area contributed by atoms with E-state index < -0.39 is 6.04 Å². The first-order valence-electron chi connectivity index (χ1n) is 11.2. The van der Waals surface area contributed by atoms with Crippen LogP contribution in [0, 0.1) is 13.8 Å². The maximum absolute atomic E-state index is 13.6. The first-order valence-corrected chi connectivity index (χ1v) is 11.2. The lowest BCUT2D eigenvalue weighted by atomic mass is 10.0. The van der Waals surface area contributed by atoms with Crippen molar-refractivity contribution in [1.29, 1.82) is 0 Å². The van der Waals surface area contributed by atoms with E-state index in [9.17, 15) is 9.59 Å². The van der Waals surface area contributed by atoms with Gasteiger partial charge in [-0.05, 0) is 37.5 Å². The van der Waals surface area contributed by atoms with Crippen LogP contribution >= 0.6 is 0 Å². The highest BCUT2D eigenvalue weighted by atomic mass is 16.2.